The third-order valence-corrected chi connectivity index (χ3v) is 4.17. The molecule has 2 unspecified atom stereocenters. The summed E-state index contributed by atoms with van der Waals surface area (Å²) in [4.78, 5) is 17.3. The first-order valence-electron chi connectivity index (χ1n) is 5.75. The molecule has 1 aliphatic heterocycles. The highest BCUT2D eigenvalue weighted by Gasteiger charge is 2.45. The smallest absolute Gasteiger partial charge is 0.334 e. The number of quaternary nitrogens is 1. The fraction of sp³-hybridized carbons (Fsp3) is 0.455. The number of hydrogen-bond donors (Lipinski definition) is 0. The van der Waals surface area contributed by atoms with Gasteiger partial charge in [0.15, 0.2) is 0 Å². The lowest BCUT2D eigenvalue weighted by Crippen LogP contribution is -2.50. The first-order chi connectivity index (χ1) is 8.99. The molecule has 1 aromatic heterocycles. The van der Waals surface area contributed by atoms with Crippen molar-refractivity contribution in [3.05, 3.63) is 28.4 Å². The second kappa shape index (κ2) is 5.56. The van der Waals surface area contributed by atoms with Crippen LogP contribution in [0.4, 0.5) is 5.13 Å². The van der Waals surface area contributed by atoms with Crippen LogP contribution in [-0.4, -0.2) is 41.8 Å². The van der Waals surface area contributed by atoms with E-state index in [2.05, 4.69) is 11.6 Å². The zero-order valence-electron chi connectivity index (χ0n) is 10.4. The minimum atomic E-state index is -0.840. The molecule has 19 heavy (non-hydrogen) atoms. The normalized spacial score (nSPS) is 27.4. The van der Waals surface area contributed by atoms with Gasteiger partial charge in [-0.15, -0.1) is 0 Å². The van der Waals surface area contributed by atoms with Crippen LogP contribution in [0.1, 0.15) is 6.92 Å². The Morgan fingerprint density at radius 1 is 1.89 bits per heavy atom. The number of rotatable bonds is 4. The van der Waals surface area contributed by atoms with Crippen LogP contribution in [0.5, 0.6) is 0 Å². The summed E-state index contributed by atoms with van der Waals surface area (Å²) >= 11 is 6.93. The average Bonchev–Trinajstić information content (AvgIpc) is 2.95. The molecule has 0 bridgehead atoms. The van der Waals surface area contributed by atoms with Crippen LogP contribution in [-0.2, 0) is 9.53 Å². The number of aromatic nitrogens is 1. The molecule has 0 aliphatic carbocycles. The molecular formula is C11H14ClN3O3S. The van der Waals surface area contributed by atoms with Crippen LogP contribution < -0.4 is 4.65 Å². The van der Waals surface area contributed by atoms with E-state index >= 15 is 0 Å². The molecule has 1 saturated heterocycles. The number of nitrogens with zero attached hydrogens (tertiary/aromatic N) is 3. The number of ether oxygens (including phenoxy) is 1. The first kappa shape index (κ1) is 14.4. The van der Waals surface area contributed by atoms with E-state index in [1.54, 1.807) is 0 Å². The average molecular weight is 304 g/mol. The standard InChI is InChI=1S/C11H14ClN3O3S/c1-3-10(16)18-9-6-14(4-2)7-15(9,17)11-13-5-8(12)19-11/h3,5,9H,1,4,6-7H2,2H3. The van der Waals surface area contributed by atoms with Crippen molar-refractivity contribution in [2.24, 2.45) is 0 Å². The summed E-state index contributed by atoms with van der Waals surface area (Å²) in [6.45, 7) is 6.54. The van der Waals surface area contributed by atoms with Crippen molar-refractivity contribution >= 4 is 34.0 Å². The molecule has 1 aliphatic rings. The van der Waals surface area contributed by atoms with Gasteiger partial charge in [-0.3, -0.25) is 4.65 Å². The maximum absolute atomic E-state index is 12.9. The monoisotopic (exact) mass is 303 g/mol. The summed E-state index contributed by atoms with van der Waals surface area (Å²) < 4.78 is 4.78. The summed E-state index contributed by atoms with van der Waals surface area (Å²) in [6, 6.07) is 0. The number of hydrogen-bond acceptors (Lipinski definition) is 6. The topological polar surface area (TPSA) is 65.5 Å². The van der Waals surface area contributed by atoms with Crippen molar-refractivity contribution in [1.29, 1.82) is 0 Å². The highest BCUT2D eigenvalue weighted by atomic mass is 35.5. The van der Waals surface area contributed by atoms with Gasteiger partial charge < -0.3 is 9.94 Å². The second-order valence-electron chi connectivity index (χ2n) is 4.15. The predicted molar refractivity (Wildman–Crippen MR) is 74.5 cm³/mol. The maximum atomic E-state index is 12.9. The van der Waals surface area contributed by atoms with Gasteiger partial charge in [-0.05, 0) is 11.3 Å². The molecule has 0 N–H and O–H groups in total. The largest absolute Gasteiger partial charge is 0.622 e. The zero-order chi connectivity index (χ0) is 14.0. The molecule has 104 valence electrons. The highest BCUT2D eigenvalue weighted by molar-refractivity contribution is 7.19. The summed E-state index contributed by atoms with van der Waals surface area (Å²) in [5, 5.41) is 13.2. The van der Waals surface area contributed by atoms with Gasteiger partial charge in [0.1, 0.15) is 11.0 Å². The van der Waals surface area contributed by atoms with Crippen molar-refractivity contribution in [1.82, 2.24) is 14.5 Å². The lowest BCUT2D eigenvalue weighted by atomic mass is 10.5. The van der Waals surface area contributed by atoms with Gasteiger partial charge in [0.25, 0.3) is 11.4 Å². The van der Waals surface area contributed by atoms with E-state index in [1.807, 2.05) is 11.8 Å². The quantitative estimate of drug-likeness (QED) is 0.368. The number of esters is 1. The molecule has 0 saturated carbocycles. The van der Waals surface area contributed by atoms with Crippen molar-refractivity contribution in [3.63, 3.8) is 0 Å². The van der Waals surface area contributed by atoms with E-state index in [0.717, 1.165) is 17.4 Å². The van der Waals surface area contributed by atoms with E-state index in [-0.39, 0.29) is 6.67 Å². The van der Waals surface area contributed by atoms with Crippen LogP contribution >= 0.6 is 22.9 Å². The van der Waals surface area contributed by atoms with Crippen molar-refractivity contribution in [3.8, 4) is 0 Å². The van der Waals surface area contributed by atoms with Gasteiger partial charge in [0.05, 0.1) is 12.7 Å². The third kappa shape index (κ3) is 2.80. The molecule has 0 spiro atoms. The SMILES string of the molecule is C=CC(=O)OC1CN(CC)C[N+]1([O-])c1ncc(Cl)s1. The van der Waals surface area contributed by atoms with Gasteiger partial charge >= 0.3 is 5.97 Å². The van der Waals surface area contributed by atoms with Gasteiger partial charge in [0, 0.05) is 12.6 Å². The fourth-order valence-electron chi connectivity index (χ4n) is 1.94. The van der Waals surface area contributed by atoms with E-state index < -0.39 is 16.8 Å². The summed E-state index contributed by atoms with van der Waals surface area (Å²) in [6.07, 6.45) is 1.64. The van der Waals surface area contributed by atoms with Crippen molar-refractivity contribution in [2.45, 2.75) is 13.2 Å². The number of carbonyl (C=O) groups is 1. The molecule has 1 aromatic rings. The fourth-order valence-corrected chi connectivity index (χ4v) is 2.91. The summed E-state index contributed by atoms with van der Waals surface area (Å²) in [5.41, 5.74) is 0. The number of likely N-dealkylation sites (N-methyl/N-ethyl adjacent to an activating group) is 1. The molecule has 0 amide bonds. The lowest BCUT2D eigenvalue weighted by molar-refractivity contribution is -0.147. The molecule has 2 heterocycles. The Morgan fingerprint density at radius 3 is 3.16 bits per heavy atom. The van der Waals surface area contributed by atoms with Gasteiger partial charge in [-0.1, -0.05) is 25.1 Å². The van der Waals surface area contributed by atoms with Crippen LogP contribution in [0.25, 0.3) is 0 Å². The van der Waals surface area contributed by atoms with E-state index in [4.69, 9.17) is 16.3 Å². The van der Waals surface area contributed by atoms with E-state index in [0.29, 0.717) is 22.6 Å². The Hall–Kier alpha value is -0.990. The number of carbonyl (C=O) groups excluding carboxylic acids is 1. The van der Waals surface area contributed by atoms with Crippen LogP contribution in [0.3, 0.4) is 0 Å². The molecule has 2 atom stereocenters. The minimum absolute atomic E-state index is 0.190. The van der Waals surface area contributed by atoms with E-state index in [1.165, 1.54) is 6.20 Å². The van der Waals surface area contributed by atoms with Crippen molar-refractivity contribution in [2.75, 3.05) is 19.8 Å². The van der Waals surface area contributed by atoms with E-state index in [9.17, 15) is 10.0 Å². The maximum Gasteiger partial charge on any atom is 0.334 e. The van der Waals surface area contributed by atoms with Gasteiger partial charge in [0.2, 0.25) is 0 Å². The molecule has 8 heteroatoms. The van der Waals surface area contributed by atoms with Crippen LogP contribution in [0.2, 0.25) is 4.34 Å². The minimum Gasteiger partial charge on any atom is -0.622 e. The number of hydroxylamine groups is 2. The third-order valence-electron chi connectivity index (χ3n) is 2.94. The Bertz CT molecular complexity index is 495. The van der Waals surface area contributed by atoms with Crippen molar-refractivity contribution < 1.29 is 9.53 Å². The molecule has 0 radical (unpaired) electrons. The highest BCUT2D eigenvalue weighted by Crippen LogP contribution is 2.36. The zero-order valence-corrected chi connectivity index (χ0v) is 12.0. The van der Waals surface area contributed by atoms with Gasteiger partial charge in [-0.2, -0.15) is 4.98 Å². The number of halogens is 1. The van der Waals surface area contributed by atoms with Crippen LogP contribution in [0, 0.1) is 5.21 Å². The molecule has 6 nitrogen and oxygen atoms in total. The Labute approximate surface area is 120 Å². The molecule has 1 fully saturated rings. The van der Waals surface area contributed by atoms with Gasteiger partial charge in [-0.25, -0.2) is 9.69 Å². The Kier molecular flexibility index (Phi) is 4.22. The Morgan fingerprint density at radius 2 is 2.63 bits per heavy atom. The Balaban J connectivity index is 2.28. The first-order valence-corrected chi connectivity index (χ1v) is 6.95. The second-order valence-corrected chi connectivity index (χ2v) is 5.79. The molecule has 2 rings (SSSR count). The lowest BCUT2D eigenvalue weighted by Gasteiger charge is -2.38. The summed E-state index contributed by atoms with van der Waals surface area (Å²) in [5.74, 6) is -0.607. The molecule has 0 aromatic carbocycles. The predicted octanol–water partition coefficient (Wildman–Crippen LogP) is 1.95. The van der Waals surface area contributed by atoms with Crippen LogP contribution in [0.15, 0.2) is 18.9 Å². The number of thiazole rings is 1. The molecular weight excluding hydrogens is 290 g/mol. The summed E-state index contributed by atoms with van der Waals surface area (Å²) in [7, 11) is 0.